The number of pyridine rings is 1. The van der Waals surface area contributed by atoms with E-state index in [1.807, 2.05) is 6.07 Å². The molecular weight excluding hydrogens is 186 g/mol. The van der Waals surface area contributed by atoms with E-state index in [0.29, 0.717) is 5.00 Å². The van der Waals surface area contributed by atoms with Gasteiger partial charge in [0, 0.05) is 6.07 Å². The molecule has 0 aliphatic carbocycles. The molecule has 0 fully saturated rings. The van der Waals surface area contributed by atoms with Crippen LogP contribution in [0.5, 0.6) is 0 Å². The molecule has 0 saturated heterocycles. The van der Waals surface area contributed by atoms with E-state index in [-0.39, 0.29) is 0 Å². The van der Waals surface area contributed by atoms with Crippen LogP contribution in [0.25, 0.3) is 10.6 Å². The lowest BCUT2D eigenvalue weighted by Crippen LogP contribution is -2.23. The minimum Gasteiger partial charge on any atom is -0.619 e. The predicted octanol–water partition coefficient (Wildman–Crippen LogP) is 1.03. The summed E-state index contributed by atoms with van der Waals surface area (Å²) in [6.07, 6.45) is 4.49. The van der Waals surface area contributed by atoms with Crippen LogP contribution in [0.1, 0.15) is 0 Å². The Labute approximate surface area is 78.9 Å². The number of nitrogens with two attached hydrogens (primary N) is 1. The van der Waals surface area contributed by atoms with Crippen molar-refractivity contribution in [1.29, 1.82) is 0 Å². The summed E-state index contributed by atoms with van der Waals surface area (Å²) in [6, 6.07) is 3.51. The van der Waals surface area contributed by atoms with Crippen molar-refractivity contribution in [3.05, 3.63) is 35.9 Å². The molecule has 2 heterocycles. The van der Waals surface area contributed by atoms with Crippen LogP contribution in [0.4, 0.5) is 5.00 Å². The third-order valence-electron chi connectivity index (χ3n) is 1.55. The van der Waals surface area contributed by atoms with Crippen molar-refractivity contribution < 1.29 is 4.73 Å². The fourth-order valence-electron chi connectivity index (χ4n) is 1.00. The van der Waals surface area contributed by atoms with Crippen LogP contribution < -0.4 is 10.5 Å². The van der Waals surface area contributed by atoms with Crippen LogP contribution in [0, 0.1) is 5.21 Å². The number of hydrogen-bond acceptors (Lipinski definition) is 4. The van der Waals surface area contributed by atoms with Gasteiger partial charge in [0.2, 0.25) is 0 Å². The molecule has 2 aromatic rings. The molecule has 0 aromatic carbocycles. The van der Waals surface area contributed by atoms with E-state index in [2.05, 4.69) is 4.98 Å². The average Bonchev–Trinajstić information content (AvgIpc) is 2.52. The third kappa shape index (κ3) is 1.59. The lowest BCUT2D eigenvalue weighted by atomic mass is 10.3. The molecular formula is C8H7N3OS. The highest BCUT2D eigenvalue weighted by Gasteiger charge is 2.04. The molecule has 0 aliphatic rings. The molecule has 0 bridgehead atoms. The van der Waals surface area contributed by atoms with E-state index in [1.54, 1.807) is 12.3 Å². The van der Waals surface area contributed by atoms with Crippen LogP contribution >= 0.6 is 11.3 Å². The summed E-state index contributed by atoms with van der Waals surface area (Å²) in [5.74, 6) is 0. The first-order valence-electron chi connectivity index (χ1n) is 3.66. The first kappa shape index (κ1) is 8.00. The van der Waals surface area contributed by atoms with Gasteiger partial charge in [0.15, 0.2) is 12.4 Å². The number of anilines is 1. The van der Waals surface area contributed by atoms with Crippen molar-refractivity contribution in [2.24, 2.45) is 0 Å². The van der Waals surface area contributed by atoms with Gasteiger partial charge in [-0.3, -0.25) is 0 Å². The number of nitrogen functional groups attached to an aromatic ring is 1. The fourth-order valence-corrected chi connectivity index (χ4v) is 1.67. The van der Waals surface area contributed by atoms with Crippen LogP contribution in [0.2, 0.25) is 0 Å². The summed E-state index contributed by atoms with van der Waals surface area (Å²) < 4.78 is 0.743. The van der Waals surface area contributed by atoms with Gasteiger partial charge in [-0.15, -0.1) is 0 Å². The first-order valence-corrected chi connectivity index (χ1v) is 4.48. The molecule has 5 heteroatoms. The largest absolute Gasteiger partial charge is 0.619 e. The van der Waals surface area contributed by atoms with Crippen molar-refractivity contribution >= 4 is 16.3 Å². The van der Waals surface area contributed by atoms with Crippen LogP contribution in [0.15, 0.2) is 30.7 Å². The molecule has 2 rings (SSSR count). The Morgan fingerprint density at radius 1 is 1.54 bits per heavy atom. The van der Waals surface area contributed by atoms with Gasteiger partial charge in [0.05, 0.1) is 11.8 Å². The third-order valence-corrected chi connectivity index (χ3v) is 2.42. The maximum atomic E-state index is 10.9. The van der Waals surface area contributed by atoms with Crippen molar-refractivity contribution in [3.63, 3.8) is 0 Å². The Morgan fingerprint density at radius 3 is 3.00 bits per heavy atom. The molecule has 0 spiro atoms. The van der Waals surface area contributed by atoms with E-state index in [9.17, 15) is 5.21 Å². The van der Waals surface area contributed by atoms with Gasteiger partial charge in [0.1, 0.15) is 10.0 Å². The normalized spacial score (nSPS) is 10.2. The van der Waals surface area contributed by atoms with Crippen molar-refractivity contribution in [3.8, 4) is 10.6 Å². The standard InChI is InChI=1S/C8H7N3OS/c9-7-4-10-8(13-7)6-2-1-3-11(12)5-6/h1-5H,9H2. The molecule has 66 valence electrons. The summed E-state index contributed by atoms with van der Waals surface area (Å²) in [5.41, 5.74) is 6.32. The fraction of sp³-hybridized carbons (Fsp3) is 0. The highest BCUT2D eigenvalue weighted by molar-refractivity contribution is 7.18. The maximum absolute atomic E-state index is 10.9. The second kappa shape index (κ2) is 3.02. The lowest BCUT2D eigenvalue weighted by molar-refractivity contribution is -0.604. The summed E-state index contributed by atoms with van der Waals surface area (Å²) in [7, 11) is 0. The van der Waals surface area contributed by atoms with Gasteiger partial charge in [-0.1, -0.05) is 11.3 Å². The molecule has 13 heavy (non-hydrogen) atoms. The van der Waals surface area contributed by atoms with Crippen LogP contribution in [0.3, 0.4) is 0 Å². The summed E-state index contributed by atoms with van der Waals surface area (Å²) in [6.45, 7) is 0. The Morgan fingerprint density at radius 2 is 2.38 bits per heavy atom. The van der Waals surface area contributed by atoms with Crippen molar-refractivity contribution in [1.82, 2.24) is 4.98 Å². The zero-order valence-electron chi connectivity index (χ0n) is 6.68. The second-order valence-electron chi connectivity index (χ2n) is 2.52. The quantitative estimate of drug-likeness (QED) is 0.543. The van der Waals surface area contributed by atoms with Gasteiger partial charge >= 0.3 is 0 Å². The Balaban J connectivity index is 2.46. The van der Waals surface area contributed by atoms with Crippen LogP contribution in [-0.2, 0) is 0 Å². The number of aromatic nitrogens is 2. The maximum Gasteiger partial charge on any atom is 0.190 e. The molecule has 0 aliphatic heterocycles. The zero-order chi connectivity index (χ0) is 9.26. The molecule has 0 saturated carbocycles. The SMILES string of the molecule is Nc1cnc(-c2ccc[n+]([O-])c2)s1. The smallest absolute Gasteiger partial charge is 0.190 e. The molecule has 0 radical (unpaired) electrons. The monoisotopic (exact) mass is 193 g/mol. The van der Waals surface area contributed by atoms with Gasteiger partial charge in [-0.05, 0) is 6.07 Å². The van der Waals surface area contributed by atoms with Gasteiger partial charge in [-0.2, -0.15) is 4.73 Å². The zero-order valence-corrected chi connectivity index (χ0v) is 7.49. The van der Waals surface area contributed by atoms with Crippen molar-refractivity contribution in [2.75, 3.05) is 5.73 Å². The lowest BCUT2D eigenvalue weighted by Gasteiger charge is -1.96. The van der Waals surface area contributed by atoms with Gasteiger partial charge < -0.3 is 10.9 Å². The average molecular weight is 193 g/mol. The summed E-state index contributed by atoms with van der Waals surface area (Å²) in [5, 5.41) is 12.3. The second-order valence-corrected chi connectivity index (χ2v) is 3.58. The molecule has 4 nitrogen and oxygen atoms in total. The minimum absolute atomic E-state index is 0.649. The summed E-state index contributed by atoms with van der Waals surface area (Å²) in [4.78, 5) is 4.07. The minimum atomic E-state index is 0.649. The Kier molecular flexibility index (Phi) is 1.86. The predicted molar refractivity (Wildman–Crippen MR) is 50.9 cm³/mol. The molecule has 2 N–H and O–H groups in total. The molecule has 0 atom stereocenters. The first-order chi connectivity index (χ1) is 6.25. The highest BCUT2D eigenvalue weighted by Crippen LogP contribution is 2.24. The Hall–Kier alpha value is -1.62. The number of rotatable bonds is 1. The van der Waals surface area contributed by atoms with Gasteiger partial charge in [-0.25, -0.2) is 4.98 Å². The van der Waals surface area contributed by atoms with E-state index in [1.165, 1.54) is 23.7 Å². The molecule has 0 amide bonds. The topological polar surface area (TPSA) is 65.8 Å². The van der Waals surface area contributed by atoms with E-state index >= 15 is 0 Å². The van der Waals surface area contributed by atoms with E-state index in [0.717, 1.165) is 15.3 Å². The number of thiazole rings is 1. The highest BCUT2D eigenvalue weighted by atomic mass is 32.1. The summed E-state index contributed by atoms with van der Waals surface area (Å²) >= 11 is 1.36. The van der Waals surface area contributed by atoms with Gasteiger partial charge in [0.25, 0.3) is 0 Å². The molecule has 2 aromatic heterocycles. The number of hydrogen-bond donors (Lipinski definition) is 1. The van der Waals surface area contributed by atoms with E-state index < -0.39 is 0 Å². The van der Waals surface area contributed by atoms with E-state index in [4.69, 9.17) is 5.73 Å². The number of nitrogens with zero attached hydrogens (tertiary/aromatic N) is 2. The molecule has 0 unspecified atom stereocenters. The van der Waals surface area contributed by atoms with Crippen molar-refractivity contribution in [2.45, 2.75) is 0 Å². The Bertz CT molecular complexity index is 427. The van der Waals surface area contributed by atoms with Crippen LogP contribution in [-0.4, -0.2) is 4.98 Å².